The van der Waals surface area contributed by atoms with Crippen molar-refractivity contribution >= 4 is 5.71 Å². The second-order valence-corrected chi connectivity index (χ2v) is 3.87. The number of nitrogens with zero attached hydrogens (tertiary/aromatic N) is 1. The van der Waals surface area contributed by atoms with E-state index in [1.54, 1.807) is 0 Å². The summed E-state index contributed by atoms with van der Waals surface area (Å²) < 4.78 is 26.2. The summed E-state index contributed by atoms with van der Waals surface area (Å²) in [6.45, 7) is 0. The number of rotatable bonds is 3. The normalized spacial score (nSPS) is 11.6. The molecule has 0 bridgehead atoms. The van der Waals surface area contributed by atoms with Crippen LogP contribution in [0.2, 0.25) is 0 Å². The van der Waals surface area contributed by atoms with Crippen molar-refractivity contribution < 1.29 is 14.0 Å². The zero-order valence-electron chi connectivity index (χ0n) is 9.48. The van der Waals surface area contributed by atoms with E-state index in [-0.39, 0.29) is 11.3 Å². The molecule has 1 N–H and O–H groups in total. The van der Waals surface area contributed by atoms with Crippen molar-refractivity contribution in [2.45, 2.75) is 6.42 Å². The second-order valence-electron chi connectivity index (χ2n) is 3.87. The Hall–Kier alpha value is -2.23. The summed E-state index contributed by atoms with van der Waals surface area (Å²) in [6, 6.07) is 12.3. The fourth-order valence-corrected chi connectivity index (χ4v) is 1.70. The fraction of sp³-hybridized carbons (Fsp3) is 0.0714. The van der Waals surface area contributed by atoms with Gasteiger partial charge < -0.3 is 5.21 Å². The Balaban J connectivity index is 2.29. The molecule has 0 amide bonds. The number of benzene rings is 2. The summed E-state index contributed by atoms with van der Waals surface area (Å²) in [5.41, 5.74) is 1.36. The maximum Gasteiger partial charge on any atom is 0.126 e. The van der Waals surface area contributed by atoms with E-state index >= 15 is 0 Å². The highest BCUT2D eigenvalue weighted by Crippen LogP contribution is 2.12. The van der Waals surface area contributed by atoms with E-state index in [2.05, 4.69) is 5.16 Å². The summed E-state index contributed by atoms with van der Waals surface area (Å²) >= 11 is 0. The Bertz CT molecular complexity index is 547. The molecule has 18 heavy (non-hydrogen) atoms. The van der Waals surface area contributed by atoms with E-state index in [4.69, 9.17) is 5.21 Å². The van der Waals surface area contributed by atoms with Crippen LogP contribution in [0.15, 0.2) is 53.7 Å². The lowest BCUT2D eigenvalue weighted by molar-refractivity contribution is 0.318. The van der Waals surface area contributed by atoms with Gasteiger partial charge in [-0.2, -0.15) is 0 Å². The summed E-state index contributed by atoms with van der Waals surface area (Å²) in [4.78, 5) is 0. The van der Waals surface area contributed by atoms with Crippen LogP contribution in [-0.2, 0) is 6.42 Å². The minimum absolute atomic E-state index is 0.222. The van der Waals surface area contributed by atoms with E-state index in [0.29, 0.717) is 6.42 Å². The van der Waals surface area contributed by atoms with Gasteiger partial charge in [-0.3, -0.25) is 0 Å². The zero-order chi connectivity index (χ0) is 13.0. The predicted molar refractivity (Wildman–Crippen MR) is 64.8 cm³/mol. The Morgan fingerprint density at radius 2 is 1.61 bits per heavy atom. The van der Waals surface area contributed by atoms with Crippen molar-refractivity contribution in [3.05, 3.63) is 71.3 Å². The Kier molecular flexibility index (Phi) is 3.67. The molecular weight excluding hydrogens is 236 g/mol. The number of hydrogen-bond acceptors (Lipinski definition) is 2. The SMILES string of the molecule is O/N=C(\Cc1ccccc1)c1cc(F)cc(F)c1. The molecule has 2 nitrogen and oxygen atoms in total. The molecule has 0 atom stereocenters. The van der Waals surface area contributed by atoms with Gasteiger partial charge in [-0.15, -0.1) is 0 Å². The van der Waals surface area contributed by atoms with Gasteiger partial charge >= 0.3 is 0 Å². The molecule has 2 rings (SSSR count). The number of hydrogen-bond donors (Lipinski definition) is 1. The average molecular weight is 247 g/mol. The highest BCUT2D eigenvalue weighted by molar-refractivity contribution is 6.01. The standard InChI is InChI=1S/C14H11F2NO/c15-12-7-11(8-13(16)9-12)14(17-18)6-10-4-2-1-3-5-10/h1-5,7-9,18H,6H2/b17-14+. The van der Waals surface area contributed by atoms with Crippen molar-refractivity contribution in [1.29, 1.82) is 0 Å². The minimum Gasteiger partial charge on any atom is -0.411 e. The number of halogens is 2. The first kappa shape index (κ1) is 12.2. The molecule has 0 heterocycles. The highest BCUT2D eigenvalue weighted by Gasteiger charge is 2.09. The molecule has 92 valence electrons. The van der Waals surface area contributed by atoms with Crippen LogP contribution in [0, 0.1) is 11.6 Å². The third-order valence-corrected chi connectivity index (χ3v) is 2.53. The fourth-order valence-electron chi connectivity index (χ4n) is 1.70. The van der Waals surface area contributed by atoms with Crippen LogP contribution in [0.4, 0.5) is 8.78 Å². The summed E-state index contributed by atoms with van der Waals surface area (Å²) in [5, 5.41) is 12.1. The topological polar surface area (TPSA) is 32.6 Å². The minimum atomic E-state index is -0.695. The highest BCUT2D eigenvalue weighted by atomic mass is 19.1. The van der Waals surface area contributed by atoms with Gasteiger partial charge in [-0.25, -0.2) is 8.78 Å². The molecule has 0 radical (unpaired) electrons. The van der Waals surface area contributed by atoms with Crippen LogP contribution in [0.5, 0.6) is 0 Å². The van der Waals surface area contributed by atoms with Crippen molar-refractivity contribution in [2.24, 2.45) is 5.16 Å². The van der Waals surface area contributed by atoms with Gasteiger partial charge in [0, 0.05) is 18.1 Å². The lowest BCUT2D eigenvalue weighted by Gasteiger charge is -2.05. The first-order valence-corrected chi connectivity index (χ1v) is 5.40. The van der Waals surface area contributed by atoms with E-state index in [1.807, 2.05) is 30.3 Å². The first-order chi connectivity index (χ1) is 8.69. The van der Waals surface area contributed by atoms with Crippen molar-refractivity contribution in [2.75, 3.05) is 0 Å². The first-order valence-electron chi connectivity index (χ1n) is 5.40. The smallest absolute Gasteiger partial charge is 0.126 e. The van der Waals surface area contributed by atoms with Gasteiger partial charge in [0.25, 0.3) is 0 Å². The van der Waals surface area contributed by atoms with E-state index in [0.717, 1.165) is 23.8 Å². The molecule has 0 unspecified atom stereocenters. The van der Waals surface area contributed by atoms with Crippen LogP contribution >= 0.6 is 0 Å². The molecule has 0 aliphatic carbocycles. The molecule has 0 saturated heterocycles. The molecule has 0 fully saturated rings. The summed E-state index contributed by atoms with van der Waals surface area (Å²) in [5.74, 6) is -1.39. The van der Waals surface area contributed by atoms with E-state index in [1.165, 1.54) is 0 Å². The van der Waals surface area contributed by atoms with Gasteiger partial charge in [-0.05, 0) is 17.7 Å². The molecule has 0 aliphatic heterocycles. The van der Waals surface area contributed by atoms with Gasteiger partial charge in [0.1, 0.15) is 11.6 Å². The lowest BCUT2D eigenvalue weighted by Crippen LogP contribution is -2.06. The van der Waals surface area contributed by atoms with Gasteiger partial charge in [0.2, 0.25) is 0 Å². The summed E-state index contributed by atoms with van der Waals surface area (Å²) in [7, 11) is 0. The van der Waals surface area contributed by atoms with E-state index in [9.17, 15) is 8.78 Å². The predicted octanol–water partition coefficient (Wildman–Crippen LogP) is 3.39. The van der Waals surface area contributed by atoms with Crippen LogP contribution in [-0.4, -0.2) is 10.9 Å². The molecule has 0 aromatic heterocycles. The molecule has 0 spiro atoms. The van der Waals surface area contributed by atoms with Gasteiger partial charge in [0.05, 0.1) is 5.71 Å². The zero-order valence-corrected chi connectivity index (χ0v) is 9.48. The lowest BCUT2D eigenvalue weighted by atomic mass is 10.0. The summed E-state index contributed by atoms with van der Waals surface area (Å²) in [6.07, 6.45) is 0.306. The van der Waals surface area contributed by atoms with Crippen molar-refractivity contribution in [3.8, 4) is 0 Å². The second kappa shape index (κ2) is 5.40. The molecule has 4 heteroatoms. The molecule has 0 aliphatic rings. The van der Waals surface area contributed by atoms with Gasteiger partial charge in [0.15, 0.2) is 0 Å². The molecule has 2 aromatic rings. The Morgan fingerprint density at radius 3 is 2.17 bits per heavy atom. The van der Waals surface area contributed by atoms with Crippen LogP contribution < -0.4 is 0 Å². The molecule has 2 aromatic carbocycles. The Morgan fingerprint density at radius 1 is 1.00 bits per heavy atom. The largest absolute Gasteiger partial charge is 0.411 e. The monoisotopic (exact) mass is 247 g/mol. The van der Waals surface area contributed by atoms with E-state index < -0.39 is 11.6 Å². The number of oxime groups is 1. The third kappa shape index (κ3) is 2.91. The maximum atomic E-state index is 13.1. The van der Waals surface area contributed by atoms with Crippen LogP contribution in [0.1, 0.15) is 11.1 Å². The van der Waals surface area contributed by atoms with Crippen molar-refractivity contribution in [1.82, 2.24) is 0 Å². The average Bonchev–Trinajstić information content (AvgIpc) is 2.36. The molecular formula is C14H11F2NO. The van der Waals surface area contributed by atoms with Crippen molar-refractivity contribution in [3.63, 3.8) is 0 Å². The maximum absolute atomic E-state index is 13.1. The van der Waals surface area contributed by atoms with Crippen LogP contribution in [0.25, 0.3) is 0 Å². The van der Waals surface area contributed by atoms with Gasteiger partial charge in [-0.1, -0.05) is 35.5 Å². The van der Waals surface area contributed by atoms with Crippen LogP contribution in [0.3, 0.4) is 0 Å². The third-order valence-electron chi connectivity index (χ3n) is 2.53. The quantitative estimate of drug-likeness (QED) is 0.503. The molecule has 0 saturated carbocycles. The Labute approximate surface area is 103 Å².